The van der Waals surface area contributed by atoms with Crippen LogP contribution in [-0.4, -0.2) is 68.6 Å². The average Bonchev–Trinajstić information content (AvgIpc) is 2.73. The number of hydrogen-bond acceptors (Lipinski definition) is 6. The largest absolute Gasteiger partial charge is 0.483 e. The first kappa shape index (κ1) is 37.9. The van der Waals surface area contributed by atoms with Crippen molar-refractivity contribution in [1.82, 2.24) is 0 Å². The zero-order valence-corrected chi connectivity index (χ0v) is 21.2. The fourth-order valence-electron chi connectivity index (χ4n) is 3.32. The molecule has 0 radical (unpaired) electrons. The van der Waals surface area contributed by atoms with Crippen LogP contribution in [0.2, 0.25) is 0 Å². The summed E-state index contributed by atoms with van der Waals surface area (Å²) in [5.74, 6) is -1.55. The van der Waals surface area contributed by atoms with Crippen LogP contribution in [0.25, 0.3) is 0 Å². The highest BCUT2D eigenvalue weighted by Crippen LogP contribution is 2.41. The summed E-state index contributed by atoms with van der Waals surface area (Å²) in [6.07, 6.45) is -23.6. The normalized spacial score (nSPS) is 13.8. The predicted octanol–water partition coefficient (Wildman–Crippen LogP) is 6.84. The Bertz CT molecular complexity index is 828. The van der Waals surface area contributed by atoms with Gasteiger partial charge in [0.1, 0.15) is 26.4 Å². The molecule has 17 heteroatoms. The van der Waals surface area contributed by atoms with Gasteiger partial charge in [0.05, 0.1) is 0 Å². The number of allylic oxidation sites excluding steroid dienone is 2. The molecule has 0 rings (SSSR count). The Morgan fingerprint density at radius 1 is 0.675 bits per heavy atom. The SMILES string of the molecule is C=CCC(CC=C)(CCC(=O)COCC(F)(F)OC(C)(F)F)CCC(=O)COCC(F)(F)OC(F)(F)C(F)(F)F. The minimum atomic E-state index is -6.41. The third-order valence-electron chi connectivity index (χ3n) is 5.03. The van der Waals surface area contributed by atoms with Gasteiger partial charge in [-0.05, 0) is 31.1 Å². The molecule has 0 aliphatic carbocycles. The van der Waals surface area contributed by atoms with Crippen LogP contribution in [0.4, 0.5) is 48.3 Å². The number of alkyl halides is 11. The summed E-state index contributed by atoms with van der Waals surface area (Å²) in [4.78, 5) is 24.2. The molecule has 0 saturated heterocycles. The van der Waals surface area contributed by atoms with Gasteiger partial charge >= 0.3 is 30.6 Å². The Morgan fingerprint density at radius 2 is 1.05 bits per heavy atom. The predicted molar refractivity (Wildman–Crippen MR) is 116 cm³/mol. The van der Waals surface area contributed by atoms with Crippen molar-refractivity contribution < 1.29 is 76.8 Å². The van der Waals surface area contributed by atoms with Crippen LogP contribution in [0.1, 0.15) is 45.4 Å². The van der Waals surface area contributed by atoms with E-state index in [1.54, 1.807) is 0 Å². The molecule has 0 N–H and O–H groups in total. The second kappa shape index (κ2) is 15.2. The highest BCUT2D eigenvalue weighted by Gasteiger charge is 2.63. The number of carbonyl (C=O) groups is 2. The minimum absolute atomic E-state index is 0.0160. The molecular formula is C23H29F11O6. The second-order valence-electron chi connectivity index (χ2n) is 8.85. The number of carbonyl (C=O) groups excluding carboxylic acids is 2. The van der Waals surface area contributed by atoms with Gasteiger partial charge in [0.2, 0.25) is 0 Å². The number of ketones is 2. The van der Waals surface area contributed by atoms with Crippen molar-refractivity contribution in [3.63, 3.8) is 0 Å². The molecule has 0 aliphatic rings. The molecule has 0 spiro atoms. The van der Waals surface area contributed by atoms with E-state index in [0.29, 0.717) is 0 Å². The van der Waals surface area contributed by atoms with Gasteiger partial charge in [0.15, 0.2) is 11.6 Å². The van der Waals surface area contributed by atoms with Crippen LogP contribution in [0, 0.1) is 5.41 Å². The summed E-state index contributed by atoms with van der Waals surface area (Å²) < 4.78 is 154. The van der Waals surface area contributed by atoms with E-state index >= 15 is 0 Å². The Morgan fingerprint density at radius 3 is 1.38 bits per heavy atom. The van der Waals surface area contributed by atoms with E-state index in [1.807, 2.05) is 0 Å². The molecule has 40 heavy (non-hydrogen) atoms. The monoisotopic (exact) mass is 610 g/mol. The zero-order chi connectivity index (χ0) is 31.5. The molecule has 0 atom stereocenters. The summed E-state index contributed by atoms with van der Waals surface area (Å²) in [5, 5.41) is 0. The van der Waals surface area contributed by atoms with Crippen molar-refractivity contribution in [1.29, 1.82) is 0 Å². The Hall–Kier alpha value is -2.11. The van der Waals surface area contributed by atoms with Crippen molar-refractivity contribution in [2.24, 2.45) is 5.41 Å². The Labute approximate surface area is 222 Å². The van der Waals surface area contributed by atoms with E-state index in [1.165, 1.54) is 12.2 Å². The maximum absolute atomic E-state index is 13.3. The van der Waals surface area contributed by atoms with Crippen LogP contribution >= 0.6 is 0 Å². The van der Waals surface area contributed by atoms with Crippen molar-refractivity contribution in [3.8, 4) is 0 Å². The smallest absolute Gasteiger partial charge is 0.365 e. The summed E-state index contributed by atoms with van der Waals surface area (Å²) in [5.41, 5.74) is -0.867. The van der Waals surface area contributed by atoms with Crippen molar-refractivity contribution in [3.05, 3.63) is 25.3 Å². The minimum Gasteiger partial charge on any atom is -0.365 e. The molecule has 234 valence electrons. The van der Waals surface area contributed by atoms with Crippen LogP contribution < -0.4 is 0 Å². The van der Waals surface area contributed by atoms with Gasteiger partial charge in [-0.1, -0.05) is 12.2 Å². The lowest BCUT2D eigenvalue weighted by Gasteiger charge is -2.32. The van der Waals surface area contributed by atoms with Gasteiger partial charge in [-0.15, -0.1) is 13.2 Å². The van der Waals surface area contributed by atoms with Crippen molar-refractivity contribution >= 4 is 11.6 Å². The average molecular weight is 610 g/mol. The topological polar surface area (TPSA) is 71.1 Å². The van der Waals surface area contributed by atoms with E-state index in [-0.39, 0.29) is 45.4 Å². The van der Waals surface area contributed by atoms with E-state index in [9.17, 15) is 57.9 Å². The summed E-state index contributed by atoms with van der Waals surface area (Å²) in [7, 11) is 0. The highest BCUT2D eigenvalue weighted by molar-refractivity contribution is 5.80. The zero-order valence-electron chi connectivity index (χ0n) is 21.2. The molecule has 6 nitrogen and oxygen atoms in total. The lowest BCUT2D eigenvalue weighted by Crippen LogP contribution is -2.46. The molecule has 0 aliphatic heterocycles. The lowest BCUT2D eigenvalue weighted by molar-refractivity contribution is -0.460. The molecule has 0 unspecified atom stereocenters. The Kier molecular flexibility index (Phi) is 14.4. The third-order valence-corrected chi connectivity index (χ3v) is 5.03. The third kappa shape index (κ3) is 15.6. The van der Waals surface area contributed by atoms with Crippen LogP contribution in [0.3, 0.4) is 0 Å². The molecule has 0 amide bonds. The molecule has 0 fully saturated rings. The van der Waals surface area contributed by atoms with E-state index in [4.69, 9.17) is 0 Å². The van der Waals surface area contributed by atoms with Gasteiger partial charge < -0.3 is 9.47 Å². The first-order chi connectivity index (χ1) is 18.0. The van der Waals surface area contributed by atoms with Crippen LogP contribution in [0.15, 0.2) is 25.3 Å². The molecule has 0 aromatic carbocycles. The maximum atomic E-state index is 13.3. The van der Waals surface area contributed by atoms with E-state index < -0.39 is 74.0 Å². The van der Waals surface area contributed by atoms with Crippen molar-refractivity contribution in [2.75, 3.05) is 26.4 Å². The van der Waals surface area contributed by atoms with Crippen LogP contribution in [-0.2, 0) is 28.5 Å². The maximum Gasteiger partial charge on any atom is 0.483 e. The van der Waals surface area contributed by atoms with Gasteiger partial charge in [0, 0.05) is 19.8 Å². The molecule has 0 heterocycles. The number of rotatable bonds is 22. The van der Waals surface area contributed by atoms with E-state index in [2.05, 4.69) is 32.1 Å². The van der Waals surface area contributed by atoms with Gasteiger partial charge in [-0.25, -0.2) is 4.74 Å². The summed E-state index contributed by atoms with van der Waals surface area (Å²) in [6.45, 7) is 1.54. The summed E-state index contributed by atoms with van der Waals surface area (Å²) in [6, 6.07) is 0. The van der Waals surface area contributed by atoms with Gasteiger partial charge in [0.25, 0.3) is 0 Å². The van der Waals surface area contributed by atoms with Gasteiger partial charge in [-0.2, -0.15) is 48.3 Å². The first-order valence-electron chi connectivity index (χ1n) is 11.4. The molecule has 0 bridgehead atoms. The lowest BCUT2D eigenvalue weighted by atomic mass is 9.73. The fraction of sp³-hybridized carbons (Fsp3) is 0.739. The standard InChI is InChI=1S/C23H29F11O6/c1-4-8-19(9-5-2,10-6-16(35)12-37-14-20(26,27)39-18(3,24)25)11-7-17(36)13-38-15-21(28,29)40-23(33,34)22(30,31)32/h4-5H,1-2,6-15H2,3H3. The summed E-state index contributed by atoms with van der Waals surface area (Å²) >= 11 is 0. The highest BCUT2D eigenvalue weighted by atomic mass is 19.4. The number of Topliss-reactive ketones (excluding diaryl/α,β-unsaturated/α-hetero) is 2. The van der Waals surface area contributed by atoms with Gasteiger partial charge in [-0.3, -0.25) is 14.3 Å². The molecule has 0 saturated carbocycles. The molecule has 0 aromatic heterocycles. The van der Waals surface area contributed by atoms with Crippen LogP contribution in [0.5, 0.6) is 0 Å². The number of halogens is 11. The van der Waals surface area contributed by atoms with E-state index in [0.717, 1.165) is 0 Å². The second-order valence-corrected chi connectivity index (χ2v) is 8.85. The number of hydrogen-bond donors (Lipinski definition) is 0. The number of ether oxygens (including phenoxy) is 4. The molecule has 0 aromatic rings. The first-order valence-corrected chi connectivity index (χ1v) is 11.4. The quantitative estimate of drug-likeness (QED) is 0.0988. The fourth-order valence-corrected chi connectivity index (χ4v) is 3.32. The molecular weight excluding hydrogens is 581 g/mol. The Balaban J connectivity index is 4.90. The van der Waals surface area contributed by atoms with Crippen molar-refractivity contribution in [2.45, 2.75) is 76.1 Å².